The standard InChI is InChI=1S/C14H19ClN2O2S2/c1-9(2)8-17(11-4-5-11)21(18,19)13-6-3-10(14(16)20)7-12(13)15/h3,6-7,9,11H,4-5,8H2,1-2H3,(H2,16,20). The van der Waals surface area contributed by atoms with Gasteiger partial charge in [-0.25, -0.2) is 8.42 Å². The summed E-state index contributed by atoms with van der Waals surface area (Å²) in [5.74, 6) is 0.259. The zero-order chi connectivity index (χ0) is 15.8. The maximum atomic E-state index is 12.8. The number of halogens is 1. The first kappa shape index (κ1) is 16.7. The molecule has 0 radical (unpaired) electrons. The molecule has 0 heterocycles. The maximum Gasteiger partial charge on any atom is 0.244 e. The van der Waals surface area contributed by atoms with Crippen LogP contribution in [0.2, 0.25) is 5.02 Å². The van der Waals surface area contributed by atoms with Gasteiger partial charge in [-0.2, -0.15) is 4.31 Å². The molecular weight excluding hydrogens is 328 g/mol. The van der Waals surface area contributed by atoms with Gasteiger partial charge in [0, 0.05) is 18.2 Å². The molecule has 1 fully saturated rings. The molecule has 0 spiro atoms. The Bertz CT molecular complexity index is 655. The van der Waals surface area contributed by atoms with Crippen LogP contribution >= 0.6 is 23.8 Å². The second kappa shape index (κ2) is 6.20. The fourth-order valence-electron chi connectivity index (χ4n) is 2.16. The van der Waals surface area contributed by atoms with Crippen LogP contribution in [0.25, 0.3) is 0 Å². The summed E-state index contributed by atoms with van der Waals surface area (Å²) in [5.41, 5.74) is 6.10. The predicted molar refractivity (Wildman–Crippen MR) is 89.1 cm³/mol. The van der Waals surface area contributed by atoms with E-state index >= 15 is 0 Å². The van der Waals surface area contributed by atoms with Gasteiger partial charge in [-0.05, 0) is 30.9 Å². The predicted octanol–water partition coefficient (Wildman–Crippen LogP) is 2.78. The minimum Gasteiger partial charge on any atom is -0.389 e. The third-order valence-corrected chi connectivity index (χ3v) is 5.94. The Morgan fingerprint density at radius 3 is 2.52 bits per heavy atom. The minimum atomic E-state index is -3.59. The lowest BCUT2D eigenvalue weighted by Crippen LogP contribution is -2.36. The second-order valence-electron chi connectivity index (χ2n) is 5.71. The molecule has 4 nitrogen and oxygen atoms in total. The van der Waals surface area contributed by atoms with E-state index in [1.165, 1.54) is 12.1 Å². The Balaban J connectivity index is 2.40. The summed E-state index contributed by atoms with van der Waals surface area (Å²) in [6, 6.07) is 4.70. The van der Waals surface area contributed by atoms with Gasteiger partial charge in [0.1, 0.15) is 9.88 Å². The summed E-state index contributed by atoms with van der Waals surface area (Å²) in [6.45, 7) is 4.51. The summed E-state index contributed by atoms with van der Waals surface area (Å²) in [5, 5.41) is 0.162. The number of nitrogens with zero attached hydrogens (tertiary/aromatic N) is 1. The van der Waals surface area contributed by atoms with Gasteiger partial charge in [-0.3, -0.25) is 0 Å². The van der Waals surface area contributed by atoms with Crippen LogP contribution in [-0.4, -0.2) is 30.3 Å². The lowest BCUT2D eigenvalue weighted by Gasteiger charge is -2.24. The van der Waals surface area contributed by atoms with E-state index in [0.29, 0.717) is 12.1 Å². The van der Waals surface area contributed by atoms with Crippen LogP contribution in [0.3, 0.4) is 0 Å². The Hall–Kier alpha value is -0.690. The van der Waals surface area contributed by atoms with Crippen LogP contribution in [-0.2, 0) is 10.0 Å². The monoisotopic (exact) mass is 346 g/mol. The quantitative estimate of drug-likeness (QED) is 0.804. The zero-order valence-electron chi connectivity index (χ0n) is 12.0. The van der Waals surface area contributed by atoms with Crippen LogP contribution in [0.4, 0.5) is 0 Å². The molecule has 2 N–H and O–H groups in total. The highest BCUT2D eigenvalue weighted by Gasteiger charge is 2.39. The molecule has 2 rings (SSSR count). The number of rotatable bonds is 6. The van der Waals surface area contributed by atoms with Gasteiger partial charge >= 0.3 is 0 Å². The molecule has 0 aliphatic heterocycles. The summed E-state index contributed by atoms with van der Waals surface area (Å²) < 4.78 is 27.2. The van der Waals surface area contributed by atoms with Crippen LogP contribution < -0.4 is 5.73 Å². The molecule has 1 aromatic carbocycles. The van der Waals surface area contributed by atoms with Gasteiger partial charge in [0.25, 0.3) is 0 Å². The number of benzene rings is 1. The van der Waals surface area contributed by atoms with Crippen molar-refractivity contribution in [3.8, 4) is 0 Å². The van der Waals surface area contributed by atoms with E-state index in [1.807, 2.05) is 13.8 Å². The summed E-state index contributed by atoms with van der Waals surface area (Å²) >= 11 is 11.0. The zero-order valence-corrected chi connectivity index (χ0v) is 14.4. The van der Waals surface area contributed by atoms with E-state index in [4.69, 9.17) is 29.6 Å². The average Bonchev–Trinajstić information content (AvgIpc) is 3.19. The second-order valence-corrected chi connectivity index (χ2v) is 8.42. The number of nitrogens with two attached hydrogens (primary N) is 1. The molecule has 1 aliphatic carbocycles. The molecule has 0 bridgehead atoms. The Kier molecular flexibility index (Phi) is 4.92. The molecule has 1 saturated carbocycles. The van der Waals surface area contributed by atoms with Crippen LogP contribution in [0.5, 0.6) is 0 Å². The van der Waals surface area contributed by atoms with Crippen molar-refractivity contribution in [3.63, 3.8) is 0 Å². The van der Waals surface area contributed by atoms with Crippen molar-refractivity contribution in [3.05, 3.63) is 28.8 Å². The van der Waals surface area contributed by atoms with Crippen molar-refractivity contribution in [2.45, 2.75) is 37.6 Å². The van der Waals surface area contributed by atoms with Gasteiger partial charge in [0.15, 0.2) is 0 Å². The molecule has 0 aromatic heterocycles. The van der Waals surface area contributed by atoms with Crippen molar-refractivity contribution in [2.75, 3.05) is 6.54 Å². The van der Waals surface area contributed by atoms with E-state index in [1.54, 1.807) is 10.4 Å². The van der Waals surface area contributed by atoms with Crippen LogP contribution in [0.1, 0.15) is 32.3 Å². The summed E-state index contributed by atoms with van der Waals surface area (Å²) in [7, 11) is -3.59. The third kappa shape index (κ3) is 3.74. The highest BCUT2D eigenvalue weighted by Crippen LogP contribution is 2.35. The largest absolute Gasteiger partial charge is 0.389 e. The van der Waals surface area contributed by atoms with Crippen LogP contribution in [0.15, 0.2) is 23.1 Å². The third-order valence-electron chi connectivity index (χ3n) is 3.30. The fraction of sp³-hybridized carbons (Fsp3) is 0.500. The maximum absolute atomic E-state index is 12.8. The number of sulfonamides is 1. The smallest absolute Gasteiger partial charge is 0.244 e. The van der Waals surface area contributed by atoms with E-state index in [9.17, 15) is 8.42 Å². The fourth-order valence-corrected chi connectivity index (χ4v) is 4.65. The first-order valence-electron chi connectivity index (χ1n) is 6.84. The summed E-state index contributed by atoms with van der Waals surface area (Å²) in [4.78, 5) is 0.318. The molecule has 1 aromatic rings. The van der Waals surface area contributed by atoms with Crippen molar-refractivity contribution < 1.29 is 8.42 Å². The highest BCUT2D eigenvalue weighted by molar-refractivity contribution is 7.89. The molecule has 1 aliphatic rings. The van der Waals surface area contributed by atoms with Crippen molar-refractivity contribution in [2.24, 2.45) is 11.7 Å². The first-order valence-corrected chi connectivity index (χ1v) is 9.07. The number of hydrogen-bond donors (Lipinski definition) is 1. The molecule has 7 heteroatoms. The van der Waals surface area contributed by atoms with Gasteiger partial charge in [-0.1, -0.05) is 43.7 Å². The van der Waals surface area contributed by atoms with Gasteiger partial charge < -0.3 is 5.73 Å². The lowest BCUT2D eigenvalue weighted by atomic mass is 10.2. The van der Waals surface area contributed by atoms with E-state index < -0.39 is 10.0 Å². The van der Waals surface area contributed by atoms with Crippen molar-refractivity contribution >= 4 is 38.8 Å². The van der Waals surface area contributed by atoms with Crippen molar-refractivity contribution in [1.82, 2.24) is 4.31 Å². The number of hydrogen-bond acceptors (Lipinski definition) is 3. The molecule has 0 atom stereocenters. The molecule has 0 unspecified atom stereocenters. The topological polar surface area (TPSA) is 63.4 Å². The van der Waals surface area contributed by atoms with Gasteiger partial charge in [0.05, 0.1) is 5.02 Å². The lowest BCUT2D eigenvalue weighted by molar-refractivity contribution is 0.360. The molecule has 0 amide bonds. The average molecular weight is 347 g/mol. The first-order chi connectivity index (χ1) is 9.73. The Labute approximate surface area is 136 Å². The minimum absolute atomic E-state index is 0.101. The van der Waals surface area contributed by atoms with E-state index in [0.717, 1.165) is 12.8 Å². The van der Waals surface area contributed by atoms with Crippen LogP contribution in [0, 0.1) is 5.92 Å². The van der Waals surface area contributed by atoms with E-state index in [2.05, 4.69) is 0 Å². The SMILES string of the molecule is CC(C)CN(C1CC1)S(=O)(=O)c1ccc(C(N)=S)cc1Cl. The summed E-state index contributed by atoms with van der Waals surface area (Å²) in [6.07, 6.45) is 1.82. The Morgan fingerprint density at radius 1 is 1.48 bits per heavy atom. The van der Waals surface area contributed by atoms with Gasteiger partial charge in [0.2, 0.25) is 10.0 Å². The van der Waals surface area contributed by atoms with Gasteiger partial charge in [-0.15, -0.1) is 0 Å². The molecular formula is C14H19ClN2O2S2. The van der Waals surface area contributed by atoms with E-state index in [-0.39, 0.29) is 26.9 Å². The molecule has 0 saturated heterocycles. The van der Waals surface area contributed by atoms with Crippen molar-refractivity contribution in [1.29, 1.82) is 0 Å². The highest BCUT2D eigenvalue weighted by atomic mass is 35.5. The molecule has 116 valence electrons. The molecule has 21 heavy (non-hydrogen) atoms. The number of thiocarbonyl (C=S) groups is 1. The Morgan fingerprint density at radius 2 is 2.10 bits per heavy atom. The normalized spacial score (nSPS) is 15.7.